The zero-order valence-electron chi connectivity index (χ0n) is 6.01. The zero-order chi connectivity index (χ0) is 8.43. The lowest BCUT2D eigenvalue weighted by Gasteiger charge is -2.06. The molecule has 0 bridgehead atoms. The van der Waals surface area contributed by atoms with Crippen LogP contribution in [-0.4, -0.2) is 4.98 Å². The highest BCUT2D eigenvalue weighted by Gasteiger charge is 2.05. The molecule has 60 valence electrons. The van der Waals surface area contributed by atoms with Crippen LogP contribution in [0.3, 0.4) is 0 Å². The van der Waals surface area contributed by atoms with Crippen LogP contribution in [0.1, 0.15) is 18.7 Å². The van der Waals surface area contributed by atoms with E-state index in [1.54, 1.807) is 12.3 Å². The first-order valence-electron chi connectivity index (χ1n) is 3.18. The standard InChI is InChI=1S/C7H8BrClN2/c1-4(10)7-6(8)2-5(9)3-11-7/h2-4H,10H2,1H3. The van der Waals surface area contributed by atoms with Crippen molar-refractivity contribution in [2.45, 2.75) is 13.0 Å². The van der Waals surface area contributed by atoms with Crippen LogP contribution in [0.4, 0.5) is 0 Å². The molecule has 1 aromatic rings. The van der Waals surface area contributed by atoms with E-state index >= 15 is 0 Å². The topological polar surface area (TPSA) is 38.9 Å². The molecule has 1 unspecified atom stereocenters. The molecular weight excluding hydrogens is 227 g/mol. The summed E-state index contributed by atoms with van der Waals surface area (Å²) in [5, 5.41) is 0.612. The molecule has 0 fully saturated rings. The molecule has 2 nitrogen and oxygen atoms in total. The molecule has 0 saturated heterocycles. The summed E-state index contributed by atoms with van der Waals surface area (Å²) in [6.07, 6.45) is 1.59. The number of pyridine rings is 1. The molecule has 0 radical (unpaired) electrons. The second-order valence-electron chi connectivity index (χ2n) is 2.31. The maximum Gasteiger partial charge on any atom is 0.0710 e. The minimum absolute atomic E-state index is 0.0679. The van der Waals surface area contributed by atoms with Crippen LogP contribution in [0.2, 0.25) is 5.02 Å². The predicted molar refractivity (Wildman–Crippen MR) is 49.5 cm³/mol. The second kappa shape index (κ2) is 3.52. The number of nitrogens with two attached hydrogens (primary N) is 1. The minimum atomic E-state index is -0.0679. The Labute approximate surface area is 78.9 Å². The van der Waals surface area contributed by atoms with E-state index in [9.17, 15) is 0 Å². The first-order valence-corrected chi connectivity index (χ1v) is 4.35. The summed E-state index contributed by atoms with van der Waals surface area (Å²) in [4.78, 5) is 4.07. The smallest absolute Gasteiger partial charge is 0.0710 e. The van der Waals surface area contributed by atoms with Crippen LogP contribution >= 0.6 is 27.5 Å². The highest BCUT2D eigenvalue weighted by molar-refractivity contribution is 9.10. The molecule has 0 amide bonds. The fourth-order valence-corrected chi connectivity index (χ4v) is 1.76. The number of halogens is 2. The van der Waals surface area contributed by atoms with E-state index in [-0.39, 0.29) is 6.04 Å². The first-order chi connectivity index (χ1) is 5.11. The lowest BCUT2D eigenvalue weighted by Crippen LogP contribution is -2.07. The molecule has 0 saturated carbocycles. The highest BCUT2D eigenvalue weighted by Crippen LogP contribution is 2.22. The summed E-state index contributed by atoms with van der Waals surface area (Å²) in [7, 11) is 0. The molecule has 0 spiro atoms. The van der Waals surface area contributed by atoms with Gasteiger partial charge in [-0.05, 0) is 28.9 Å². The van der Waals surface area contributed by atoms with Crippen molar-refractivity contribution in [3.8, 4) is 0 Å². The Morgan fingerprint density at radius 3 is 2.82 bits per heavy atom. The summed E-state index contributed by atoms with van der Waals surface area (Å²) < 4.78 is 0.861. The van der Waals surface area contributed by atoms with Gasteiger partial charge in [-0.3, -0.25) is 4.98 Å². The number of nitrogens with zero attached hydrogens (tertiary/aromatic N) is 1. The Hall–Kier alpha value is -0.120. The number of hydrogen-bond donors (Lipinski definition) is 1. The molecule has 0 aliphatic carbocycles. The Balaban J connectivity index is 3.09. The third-order valence-corrected chi connectivity index (χ3v) is 2.11. The van der Waals surface area contributed by atoms with Crippen molar-refractivity contribution >= 4 is 27.5 Å². The van der Waals surface area contributed by atoms with Gasteiger partial charge in [-0.15, -0.1) is 0 Å². The van der Waals surface area contributed by atoms with Gasteiger partial charge >= 0.3 is 0 Å². The van der Waals surface area contributed by atoms with Gasteiger partial charge in [-0.25, -0.2) is 0 Å². The average Bonchev–Trinajstić information content (AvgIpc) is 1.85. The largest absolute Gasteiger partial charge is 0.323 e. The molecule has 11 heavy (non-hydrogen) atoms. The van der Waals surface area contributed by atoms with Crippen LogP contribution in [0, 0.1) is 0 Å². The third kappa shape index (κ3) is 2.15. The molecule has 0 aromatic carbocycles. The Morgan fingerprint density at radius 2 is 2.36 bits per heavy atom. The predicted octanol–water partition coefficient (Wildman–Crippen LogP) is 2.52. The number of hydrogen-bond acceptors (Lipinski definition) is 2. The zero-order valence-corrected chi connectivity index (χ0v) is 8.35. The van der Waals surface area contributed by atoms with Crippen LogP contribution in [0.25, 0.3) is 0 Å². The fourth-order valence-electron chi connectivity index (χ4n) is 0.760. The van der Waals surface area contributed by atoms with E-state index in [0.29, 0.717) is 5.02 Å². The van der Waals surface area contributed by atoms with E-state index in [1.165, 1.54) is 0 Å². The van der Waals surface area contributed by atoms with E-state index < -0.39 is 0 Å². The molecule has 1 heterocycles. The summed E-state index contributed by atoms with van der Waals surface area (Å²) in [5.74, 6) is 0. The van der Waals surface area contributed by atoms with Gasteiger partial charge in [-0.2, -0.15) is 0 Å². The quantitative estimate of drug-likeness (QED) is 0.812. The van der Waals surface area contributed by atoms with Crippen molar-refractivity contribution in [2.24, 2.45) is 5.73 Å². The Kier molecular flexibility index (Phi) is 2.87. The maximum absolute atomic E-state index is 5.69. The monoisotopic (exact) mass is 234 g/mol. The lowest BCUT2D eigenvalue weighted by molar-refractivity contribution is 0.775. The van der Waals surface area contributed by atoms with Crippen LogP contribution < -0.4 is 5.73 Å². The van der Waals surface area contributed by atoms with Crippen molar-refractivity contribution in [2.75, 3.05) is 0 Å². The summed E-state index contributed by atoms with van der Waals surface area (Å²) >= 11 is 9.01. The molecule has 1 aromatic heterocycles. The van der Waals surface area contributed by atoms with Crippen LogP contribution in [-0.2, 0) is 0 Å². The molecule has 0 aliphatic heterocycles. The third-order valence-electron chi connectivity index (χ3n) is 1.27. The summed E-state index contributed by atoms with van der Waals surface area (Å²) in [6, 6.07) is 1.72. The van der Waals surface area contributed by atoms with Crippen molar-refractivity contribution in [1.82, 2.24) is 4.98 Å². The first kappa shape index (κ1) is 8.97. The molecule has 0 aliphatic rings. The van der Waals surface area contributed by atoms with Crippen molar-refractivity contribution in [1.29, 1.82) is 0 Å². The molecule has 2 N–H and O–H groups in total. The SMILES string of the molecule is CC(N)c1ncc(Cl)cc1Br. The van der Waals surface area contributed by atoms with Gasteiger partial charge < -0.3 is 5.73 Å². The number of rotatable bonds is 1. The van der Waals surface area contributed by atoms with E-state index in [1.807, 2.05) is 6.92 Å². The van der Waals surface area contributed by atoms with Gasteiger partial charge in [0.15, 0.2) is 0 Å². The van der Waals surface area contributed by atoms with Crippen molar-refractivity contribution in [3.63, 3.8) is 0 Å². The Bertz CT molecular complexity index is 263. The second-order valence-corrected chi connectivity index (χ2v) is 3.60. The van der Waals surface area contributed by atoms with Crippen LogP contribution in [0.15, 0.2) is 16.7 Å². The van der Waals surface area contributed by atoms with Gasteiger partial charge in [0, 0.05) is 16.7 Å². The normalized spacial score (nSPS) is 13.1. The van der Waals surface area contributed by atoms with E-state index in [4.69, 9.17) is 17.3 Å². The summed E-state index contributed by atoms with van der Waals surface area (Å²) in [5.41, 5.74) is 6.46. The highest BCUT2D eigenvalue weighted by atomic mass is 79.9. The molecule has 1 rings (SSSR count). The lowest BCUT2D eigenvalue weighted by atomic mass is 10.2. The van der Waals surface area contributed by atoms with Crippen LogP contribution in [0.5, 0.6) is 0 Å². The Morgan fingerprint density at radius 1 is 1.73 bits per heavy atom. The molecule has 4 heteroatoms. The summed E-state index contributed by atoms with van der Waals surface area (Å²) in [6.45, 7) is 1.88. The van der Waals surface area contributed by atoms with Gasteiger partial charge in [0.05, 0.1) is 10.7 Å². The van der Waals surface area contributed by atoms with Gasteiger partial charge in [-0.1, -0.05) is 11.6 Å². The maximum atomic E-state index is 5.69. The van der Waals surface area contributed by atoms with Gasteiger partial charge in [0.2, 0.25) is 0 Å². The van der Waals surface area contributed by atoms with Gasteiger partial charge in [0.1, 0.15) is 0 Å². The van der Waals surface area contributed by atoms with E-state index in [0.717, 1.165) is 10.2 Å². The fraction of sp³-hybridized carbons (Fsp3) is 0.286. The van der Waals surface area contributed by atoms with Crippen molar-refractivity contribution in [3.05, 3.63) is 27.5 Å². The van der Waals surface area contributed by atoms with Gasteiger partial charge in [0.25, 0.3) is 0 Å². The van der Waals surface area contributed by atoms with E-state index in [2.05, 4.69) is 20.9 Å². The average molecular weight is 236 g/mol. The minimum Gasteiger partial charge on any atom is -0.323 e. The number of aromatic nitrogens is 1. The molecular formula is C7H8BrClN2. The molecule has 1 atom stereocenters. The van der Waals surface area contributed by atoms with Crippen molar-refractivity contribution < 1.29 is 0 Å².